The summed E-state index contributed by atoms with van der Waals surface area (Å²) in [5.74, 6) is 1.02. The average molecular weight is 226 g/mol. The fraction of sp³-hybridized carbons (Fsp3) is 0.286. The van der Waals surface area contributed by atoms with Gasteiger partial charge in [0, 0.05) is 0 Å². The predicted molar refractivity (Wildman–Crippen MR) is 53.3 cm³/mol. The Hall–Kier alpha value is -1.76. The maximum Gasteiger partial charge on any atom is 0.223 e. The number of nitrogens with zero attached hydrogens (tertiary/aromatic N) is 5. The Balaban J connectivity index is 2.06. The van der Waals surface area contributed by atoms with Crippen molar-refractivity contribution in [3.8, 4) is 0 Å². The van der Waals surface area contributed by atoms with Crippen LogP contribution in [0.4, 0.5) is 5.95 Å². The van der Waals surface area contributed by atoms with Crippen LogP contribution in [0.1, 0.15) is 18.8 Å². The smallest absolute Gasteiger partial charge is 0.223 e. The van der Waals surface area contributed by atoms with Gasteiger partial charge in [0.05, 0.1) is 23.5 Å². The SMILES string of the molecule is CC(Nc1ncc(Cl)cn1)c1nn[nH]n1. The Bertz CT molecular complexity index is 411. The van der Waals surface area contributed by atoms with Crippen LogP contribution in [0.15, 0.2) is 12.4 Å². The van der Waals surface area contributed by atoms with Gasteiger partial charge in [-0.15, -0.1) is 10.2 Å². The predicted octanol–water partition coefficient (Wildman–Crippen LogP) is 0.816. The molecule has 2 aromatic heterocycles. The van der Waals surface area contributed by atoms with E-state index in [0.29, 0.717) is 16.8 Å². The highest BCUT2D eigenvalue weighted by atomic mass is 35.5. The largest absolute Gasteiger partial charge is 0.344 e. The molecule has 2 aromatic rings. The maximum atomic E-state index is 5.66. The molecular formula is C7H8ClN7. The van der Waals surface area contributed by atoms with Crippen molar-refractivity contribution in [1.29, 1.82) is 0 Å². The molecule has 0 aliphatic heterocycles. The number of hydrogen-bond acceptors (Lipinski definition) is 6. The summed E-state index contributed by atoms with van der Waals surface area (Å²) in [6.45, 7) is 1.88. The second kappa shape index (κ2) is 4.18. The van der Waals surface area contributed by atoms with Gasteiger partial charge >= 0.3 is 0 Å². The molecule has 0 aliphatic rings. The van der Waals surface area contributed by atoms with Crippen LogP contribution in [-0.4, -0.2) is 30.6 Å². The van der Waals surface area contributed by atoms with E-state index in [2.05, 4.69) is 35.9 Å². The highest BCUT2D eigenvalue weighted by molar-refractivity contribution is 6.30. The van der Waals surface area contributed by atoms with Gasteiger partial charge in [-0.2, -0.15) is 5.21 Å². The van der Waals surface area contributed by atoms with Crippen LogP contribution >= 0.6 is 11.6 Å². The summed E-state index contributed by atoms with van der Waals surface area (Å²) < 4.78 is 0. The molecule has 0 saturated carbocycles. The number of rotatable bonds is 3. The topological polar surface area (TPSA) is 92.3 Å². The molecule has 0 saturated heterocycles. The quantitative estimate of drug-likeness (QED) is 0.803. The van der Waals surface area contributed by atoms with Crippen molar-refractivity contribution in [1.82, 2.24) is 30.6 Å². The minimum atomic E-state index is -0.120. The van der Waals surface area contributed by atoms with Gasteiger partial charge < -0.3 is 5.32 Å². The monoisotopic (exact) mass is 225 g/mol. The van der Waals surface area contributed by atoms with Crippen LogP contribution in [0.5, 0.6) is 0 Å². The Morgan fingerprint density at radius 3 is 2.73 bits per heavy atom. The van der Waals surface area contributed by atoms with Crippen LogP contribution in [0.2, 0.25) is 5.02 Å². The minimum Gasteiger partial charge on any atom is -0.344 e. The fourth-order valence-corrected chi connectivity index (χ4v) is 1.10. The fourth-order valence-electron chi connectivity index (χ4n) is 0.998. The van der Waals surface area contributed by atoms with Gasteiger partial charge in [-0.1, -0.05) is 16.8 Å². The standard InChI is InChI=1S/C7H8ClN7/c1-4(6-12-14-15-13-6)11-7-9-2-5(8)3-10-7/h2-4H,1H3,(H,9,10,11)(H,12,13,14,15). The molecule has 78 valence electrons. The van der Waals surface area contributed by atoms with E-state index in [4.69, 9.17) is 11.6 Å². The first-order valence-corrected chi connectivity index (χ1v) is 4.61. The van der Waals surface area contributed by atoms with E-state index in [9.17, 15) is 0 Å². The second-order valence-electron chi connectivity index (χ2n) is 2.86. The summed E-state index contributed by atoms with van der Waals surface area (Å²) in [7, 11) is 0. The molecule has 2 rings (SSSR count). The lowest BCUT2D eigenvalue weighted by Gasteiger charge is -2.08. The number of anilines is 1. The zero-order valence-corrected chi connectivity index (χ0v) is 8.60. The molecule has 1 unspecified atom stereocenters. The van der Waals surface area contributed by atoms with E-state index in [1.165, 1.54) is 12.4 Å². The van der Waals surface area contributed by atoms with Crippen LogP contribution in [-0.2, 0) is 0 Å². The molecule has 2 N–H and O–H groups in total. The van der Waals surface area contributed by atoms with Crippen molar-refractivity contribution >= 4 is 17.5 Å². The van der Waals surface area contributed by atoms with Gasteiger partial charge in [0.1, 0.15) is 0 Å². The van der Waals surface area contributed by atoms with Gasteiger partial charge in [0.2, 0.25) is 5.95 Å². The number of halogens is 1. The number of nitrogens with one attached hydrogen (secondary N) is 2. The highest BCUT2D eigenvalue weighted by Crippen LogP contribution is 2.12. The Kier molecular flexibility index (Phi) is 2.72. The average Bonchev–Trinajstić information content (AvgIpc) is 2.74. The molecular weight excluding hydrogens is 218 g/mol. The first kappa shape index (κ1) is 9.78. The van der Waals surface area contributed by atoms with Gasteiger partial charge in [0.15, 0.2) is 5.82 Å². The molecule has 0 spiro atoms. The second-order valence-corrected chi connectivity index (χ2v) is 3.30. The maximum absolute atomic E-state index is 5.66. The van der Waals surface area contributed by atoms with Crippen molar-refractivity contribution in [2.75, 3.05) is 5.32 Å². The number of hydrogen-bond donors (Lipinski definition) is 2. The van der Waals surface area contributed by atoms with Gasteiger partial charge in [-0.05, 0) is 6.92 Å². The summed E-state index contributed by atoms with van der Waals surface area (Å²) in [4.78, 5) is 7.98. The summed E-state index contributed by atoms with van der Waals surface area (Å²) in [6, 6.07) is -0.120. The number of aromatic amines is 1. The molecule has 15 heavy (non-hydrogen) atoms. The molecule has 0 radical (unpaired) electrons. The molecule has 0 aromatic carbocycles. The first-order valence-electron chi connectivity index (χ1n) is 4.23. The Labute approximate surface area is 90.3 Å². The van der Waals surface area contributed by atoms with Crippen molar-refractivity contribution in [2.24, 2.45) is 0 Å². The summed E-state index contributed by atoms with van der Waals surface area (Å²) in [6.07, 6.45) is 3.03. The lowest BCUT2D eigenvalue weighted by Crippen LogP contribution is -2.10. The van der Waals surface area contributed by atoms with Crippen molar-refractivity contribution in [3.63, 3.8) is 0 Å². The van der Waals surface area contributed by atoms with Crippen LogP contribution in [0.3, 0.4) is 0 Å². The van der Waals surface area contributed by atoms with E-state index < -0.39 is 0 Å². The molecule has 1 atom stereocenters. The molecule has 8 heteroatoms. The molecule has 7 nitrogen and oxygen atoms in total. The highest BCUT2D eigenvalue weighted by Gasteiger charge is 2.10. The van der Waals surface area contributed by atoms with Gasteiger partial charge in [-0.3, -0.25) is 0 Å². The van der Waals surface area contributed by atoms with E-state index >= 15 is 0 Å². The lowest BCUT2D eigenvalue weighted by molar-refractivity contribution is 0.780. The summed E-state index contributed by atoms with van der Waals surface area (Å²) >= 11 is 5.66. The van der Waals surface area contributed by atoms with Crippen LogP contribution in [0.25, 0.3) is 0 Å². The third-order valence-corrected chi connectivity index (χ3v) is 1.91. The van der Waals surface area contributed by atoms with E-state index in [1.54, 1.807) is 0 Å². The molecule has 0 bridgehead atoms. The lowest BCUT2D eigenvalue weighted by atomic mass is 10.3. The normalized spacial score (nSPS) is 12.4. The summed E-state index contributed by atoms with van der Waals surface area (Å²) in [5, 5.41) is 17.0. The minimum absolute atomic E-state index is 0.120. The molecule has 2 heterocycles. The van der Waals surface area contributed by atoms with Crippen molar-refractivity contribution < 1.29 is 0 Å². The number of tetrazole rings is 1. The molecule has 0 aliphatic carbocycles. The Morgan fingerprint density at radius 1 is 1.40 bits per heavy atom. The zero-order valence-electron chi connectivity index (χ0n) is 7.85. The van der Waals surface area contributed by atoms with Crippen LogP contribution in [0, 0.1) is 0 Å². The van der Waals surface area contributed by atoms with E-state index in [1.807, 2.05) is 6.92 Å². The number of H-pyrrole nitrogens is 1. The third kappa shape index (κ3) is 2.38. The summed E-state index contributed by atoms with van der Waals surface area (Å²) in [5.41, 5.74) is 0. The third-order valence-electron chi connectivity index (χ3n) is 1.71. The van der Waals surface area contributed by atoms with Gasteiger partial charge in [-0.25, -0.2) is 9.97 Å². The van der Waals surface area contributed by atoms with E-state index in [0.717, 1.165) is 0 Å². The number of aromatic nitrogens is 6. The van der Waals surface area contributed by atoms with Crippen molar-refractivity contribution in [3.05, 3.63) is 23.2 Å². The zero-order chi connectivity index (χ0) is 10.7. The van der Waals surface area contributed by atoms with E-state index in [-0.39, 0.29) is 6.04 Å². The first-order chi connectivity index (χ1) is 7.25. The van der Waals surface area contributed by atoms with Gasteiger partial charge in [0.25, 0.3) is 0 Å². The molecule has 0 amide bonds. The molecule has 0 fully saturated rings. The van der Waals surface area contributed by atoms with Crippen LogP contribution < -0.4 is 5.32 Å². The van der Waals surface area contributed by atoms with Crippen molar-refractivity contribution in [2.45, 2.75) is 13.0 Å². The Morgan fingerprint density at radius 2 is 2.13 bits per heavy atom.